The van der Waals surface area contributed by atoms with Gasteiger partial charge in [0, 0.05) is 0 Å². The second-order valence-electron chi connectivity index (χ2n) is 5.78. The Kier molecular flexibility index (Phi) is 5.41. The molecule has 2 nitrogen and oxygen atoms in total. The number of hydrogen-bond acceptors (Lipinski definition) is 1. The zero-order valence-electron chi connectivity index (χ0n) is 13.9. The van der Waals surface area contributed by atoms with E-state index in [-0.39, 0.29) is 11.9 Å². The lowest BCUT2D eigenvalue weighted by Gasteiger charge is -2.23. The molecule has 126 valence electrons. The van der Waals surface area contributed by atoms with E-state index in [0.717, 1.165) is 16.7 Å². The Bertz CT molecular complexity index is 865. The number of rotatable bonds is 4. The van der Waals surface area contributed by atoms with E-state index < -0.39 is 0 Å². The van der Waals surface area contributed by atoms with Crippen molar-refractivity contribution in [2.45, 2.75) is 13.0 Å². The van der Waals surface area contributed by atoms with Crippen molar-refractivity contribution >= 4 is 23.0 Å². The summed E-state index contributed by atoms with van der Waals surface area (Å²) < 4.78 is 13.8. The van der Waals surface area contributed by atoms with E-state index in [4.69, 9.17) is 12.2 Å². The van der Waals surface area contributed by atoms with Crippen molar-refractivity contribution in [3.8, 4) is 0 Å². The van der Waals surface area contributed by atoms with Crippen LogP contribution in [-0.2, 0) is 0 Å². The van der Waals surface area contributed by atoms with Crippen LogP contribution < -0.4 is 10.6 Å². The van der Waals surface area contributed by atoms with Crippen LogP contribution >= 0.6 is 12.2 Å². The first kappa shape index (κ1) is 17.1. The van der Waals surface area contributed by atoms with E-state index in [1.54, 1.807) is 18.2 Å². The van der Waals surface area contributed by atoms with Gasteiger partial charge in [0.1, 0.15) is 5.82 Å². The molecule has 0 radical (unpaired) electrons. The highest BCUT2D eigenvalue weighted by Crippen LogP contribution is 2.25. The van der Waals surface area contributed by atoms with Gasteiger partial charge in [-0.3, -0.25) is 0 Å². The molecule has 0 saturated carbocycles. The summed E-state index contributed by atoms with van der Waals surface area (Å²) >= 11 is 5.43. The van der Waals surface area contributed by atoms with Gasteiger partial charge in [-0.2, -0.15) is 0 Å². The van der Waals surface area contributed by atoms with Gasteiger partial charge in [-0.1, -0.05) is 66.7 Å². The third-order valence-corrected chi connectivity index (χ3v) is 4.25. The lowest BCUT2D eigenvalue weighted by molar-refractivity contribution is 0.632. The monoisotopic (exact) mass is 350 g/mol. The Labute approximate surface area is 152 Å². The van der Waals surface area contributed by atoms with Crippen molar-refractivity contribution in [3.05, 3.63) is 101 Å². The van der Waals surface area contributed by atoms with Gasteiger partial charge in [-0.15, -0.1) is 0 Å². The molecular weight excluding hydrogens is 331 g/mol. The topological polar surface area (TPSA) is 24.1 Å². The number of anilines is 1. The molecule has 0 spiro atoms. The van der Waals surface area contributed by atoms with E-state index in [1.165, 1.54) is 6.07 Å². The minimum atomic E-state index is -0.334. The molecule has 3 aromatic rings. The average molecular weight is 350 g/mol. The van der Waals surface area contributed by atoms with Crippen LogP contribution in [0.5, 0.6) is 0 Å². The molecule has 1 atom stereocenters. The van der Waals surface area contributed by atoms with E-state index in [1.807, 2.05) is 30.3 Å². The number of halogens is 1. The van der Waals surface area contributed by atoms with Crippen molar-refractivity contribution < 1.29 is 4.39 Å². The van der Waals surface area contributed by atoms with Gasteiger partial charge in [0.2, 0.25) is 0 Å². The first-order valence-corrected chi connectivity index (χ1v) is 8.48. The SMILES string of the molecule is Cc1ccccc1C(NC(=S)Nc1ccccc1F)c1ccccc1. The molecule has 0 aromatic heterocycles. The van der Waals surface area contributed by atoms with Gasteiger partial charge < -0.3 is 10.6 Å². The summed E-state index contributed by atoms with van der Waals surface area (Å²) in [4.78, 5) is 0. The van der Waals surface area contributed by atoms with E-state index in [0.29, 0.717) is 10.8 Å². The van der Waals surface area contributed by atoms with Gasteiger partial charge in [0.25, 0.3) is 0 Å². The molecule has 2 N–H and O–H groups in total. The van der Waals surface area contributed by atoms with E-state index >= 15 is 0 Å². The second kappa shape index (κ2) is 7.90. The van der Waals surface area contributed by atoms with Crippen LogP contribution in [-0.4, -0.2) is 5.11 Å². The van der Waals surface area contributed by atoms with Gasteiger partial charge in [0.05, 0.1) is 11.7 Å². The summed E-state index contributed by atoms with van der Waals surface area (Å²) in [5.41, 5.74) is 3.75. The molecule has 0 aliphatic heterocycles. The van der Waals surface area contributed by atoms with Crippen molar-refractivity contribution in [2.24, 2.45) is 0 Å². The molecule has 3 rings (SSSR count). The number of nitrogens with one attached hydrogen (secondary N) is 2. The van der Waals surface area contributed by atoms with Crippen molar-refractivity contribution in [1.29, 1.82) is 0 Å². The van der Waals surface area contributed by atoms with E-state index in [2.05, 4.69) is 41.8 Å². The van der Waals surface area contributed by atoms with Gasteiger partial charge in [-0.25, -0.2) is 4.39 Å². The predicted molar refractivity (Wildman–Crippen MR) is 105 cm³/mol. The smallest absolute Gasteiger partial charge is 0.171 e. The largest absolute Gasteiger partial charge is 0.352 e. The minimum Gasteiger partial charge on any atom is -0.352 e. The fourth-order valence-electron chi connectivity index (χ4n) is 2.75. The van der Waals surface area contributed by atoms with Crippen LogP contribution in [0.15, 0.2) is 78.9 Å². The number of aryl methyl sites for hydroxylation is 1. The minimum absolute atomic E-state index is 0.117. The average Bonchev–Trinajstić information content (AvgIpc) is 2.63. The van der Waals surface area contributed by atoms with Crippen molar-refractivity contribution in [3.63, 3.8) is 0 Å². The summed E-state index contributed by atoms with van der Waals surface area (Å²) in [7, 11) is 0. The van der Waals surface area contributed by atoms with E-state index in [9.17, 15) is 4.39 Å². The fraction of sp³-hybridized carbons (Fsp3) is 0.0952. The molecule has 1 unspecified atom stereocenters. The molecule has 25 heavy (non-hydrogen) atoms. The molecule has 0 heterocycles. The third kappa shape index (κ3) is 4.22. The Hall–Kier alpha value is -2.72. The van der Waals surface area contributed by atoms with Crippen LogP contribution in [0.3, 0.4) is 0 Å². The molecular formula is C21H19FN2S. The molecule has 0 fully saturated rings. The van der Waals surface area contributed by atoms with Crippen LogP contribution in [0.2, 0.25) is 0 Å². The van der Waals surface area contributed by atoms with Crippen LogP contribution in [0, 0.1) is 12.7 Å². The van der Waals surface area contributed by atoms with Gasteiger partial charge >= 0.3 is 0 Å². The number of hydrogen-bond donors (Lipinski definition) is 2. The Morgan fingerprint density at radius 2 is 1.52 bits per heavy atom. The first-order valence-electron chi connectivity index (χ1n) is 8.07. The lowest BCUT2D eigenvalue weighted by Crippen LogP contribution is -2.33. The second-order valence-corrected chi connectivity index (χ2v) is 6.19. The maximum Gasteiger partial charge on any atom is 0.171 e. The summed E-state index contributed by atoms with van der Waals surface area (Å²) in [5, 5.41) is 6.64. The summed E-state index contributed by atoms with van der Waals surface area (Å²) in [6, 6.07) is 24.6. The summed E-state index contributed by atoms with van der Waals surface area (Å²) in [5.74, 6) is -0.334. The first-order chi connectivity index (χ1) is 12.1. The zero-order chi connectivity index (χ0) is 17.6. The van der Waals surface area contributed by atoms with Crippen LogP contribution in [0.25, 0.3) is 0 Å². The predicted octanol–water partition coefficient (Wildman–Crippen LogP) is 5.21. The Morgan fingerprint density at radius 1 is 0.880 bits per heavy atom. The molecule has 3 aromatic carbocycles. The number of para-hydroxylation sites is 1. The summed E-state index contributed by atoms with van der Waals surface area (Å²) in [6.45, 7) is 2.07. The van der Waals surface area contributed by atoms with Crippen LogP contribution in [0.1, 0.15) is 22.7 Å². The number of benzene rings is 3. The Morgan fingerprint density at radius 3 is 2.24 bits per heavy atom. The van der Waals surface area contributed by atoms with Crippen molar-refractivity contribution in [2.75, 3.05) is 5.32 Å². The maximum atomic E-state index is 13.8. The molecule has 4 heteroatoms. The fourth-order valence-corrected chi connectivity index (χ4v) is 2.98. The quantitative estimate of drug-likeness (QED) is 0.632. The molecule has 0 bridgehead atoms. The highest BCUT2D eigenvalue weighted by molar-refractivity contribution is 7.80. The zero-order valence-corrected chi connectivity index (χ0v) is 14.7. The third-order valence-electron chi connectivity index (χ3n) is 4.03. The summed E-state index contributed by atoms with van der Waals surface area (Å²) in [6.07, 6.45) is 0. The van der Waals surface area contributed by atoms with Crippen LogP contribution in [0.4, 0.5) is 10.1 Å². The molecule has 0 aliphatic rings. The number of thiocarbonyl (C=S) groups is 1. The lowest BCUT2D eigenvalue weighted by atomic mass is 9.95. The molecule has 0 saturated heterocycles. The normalized spacial score (nSPS) is 11.6. The molecule has 0 aliphatic carbocycles. The van der Waals surface area contributed by atoms with Gasteiger partial charge in [0.15, 0.2) is 5.11 Å². The maximum absolute atomic E-state index is 13.8. The van der Waals surface area contributed by atoms with Crippen molar-refractivity contribution in [1.82, 2.24) is 5.32 Å². The standard InChI is InChI=1S/C21H19FN2S/c1-15-9-5-6-12-17(15)20(16-10-3-2-4-11-16)24-21(25)23-19-14-8-7-13-18(19)22/h2-14,20H,1H3,(H2,23,24,25). The highest BCUT2D eigenvalue weighted by atomic mass is 32.1. The molecule has 0 amide bonds. The highest BCUT2D eigenvalue weighted by Gasteiger charge is 2.17. The van der Waals surface area contributed by atoms with Gasteiger partial charge in [-0.05, 0) is 48.0 Å². The Balaban J connectivity index is 1.87.